The summed E-state index contributed by atoms with van der Waals surface area (Å²) in [4.78, 5) is 34.1. The molecule has 0 saturated heterocycles. The van der Waals surface area contributed by atoms with Gasteiger partial charge in [0.1, 0.15) is 0 Å². The van der Waals surface area contributed by atoms with E-state index in [2.05, 4.69) is 10.6 Å². The largest absolute Gasteiger partial charge is 0.478 e. The van der Waals surface area contributed by atoms with Crippen molar-refractivity contribution in [1.29, 1.82) is 0 Å². The Labute approximate surface area is 119 Å². The molecule has 0 bridgehead atoms. The van der Waals surface area contributed by atoms with Crippen molar-refractivity contribution in [2.75, 3.05) is 0 Å². The van der Waals surface area contributed by atoms with Gasteiger partial charge in [-0.2, -0.15) is 0 Å². The average molecular weight is 284 g/mol. The molecule has 0 aliphatic rings. The highest BCUT2D eigenvalue weighted by atomic mass is 16.4. The number of urea groups is 1. The van der Waals surface area contributed by atoms with Crippen LogP contribution in [0.5, 0.6) is 0 Å². The van der Waals surface area contributed by atoms with Gasteiger partial charge in [0.25, 0.3) is 5.91 Å². The van der Waals surface area contributed by atoms with Gasteiger partial charge in [-0.1, -0.05) is 26.7 Å². The van der Waals surface area contributed by atoms with Crippen molar-refractivity contribution >= 4 is 17.9 Å². The Morgan fingerprint density at radius 2 is 1.55 bits per heavy atom. The molecular formula is C14H24N2O4. The molecule has 0 aromatic heterocycles. The molecule has 0 rings (SSSR count). The number of carbonyl (C=O) groups excluding carboxylic acids is 2. The lowest BCUT2D eigenvalue weighted by atomic mass is 9.96. The molecule has 1 atom stereocenters. The van der Waals surface area contributed by atoms with E-state index in [0.29, 0.717) is 5.92 Å². The Hall–Kier alpha value is -1.85. The van der Waals surface area contributed by atoms with E-state index in [4.69, 9.17) is 5.11 Å². The minimum Gasteiger partial charge on any atom is -0.478 e. The summed E-state index contributed by atoms with van der Waals surface area (Å²) >= 11 is 0. The molecule has 3 N–H and O–H groups in total. The number of aliphatic carboxylic acids is 1. The number of imide groups is 1. The second-order valence-corrected chi connectivity index (χ2v) is 4.85. The maximum Gasteiger partial charge on any atom is 0.331 e. The first-order chi connectivity index (χ1) is 9.24. The third kappa shape index (κ3) is 5.42. The van der Waals surface area contributed by atoms with Crippen LogP contribution >= 0.6 is 0 Å². The lowest BCUT2D eigenvalue weighted by Crippen LogP contribution is -2.46. The number of nitrogens with one attached hydrogen (secondary N) is 2. The van der Waals surface area contributed by atoms with Crippen molar-refractivity contribution in [1.82, 2.24) is 10.6 Å². The highest BCUT2D eigenvalue weighted by Gasteiger charge is 2.19. The van der Waals surface area contributed by atoms with Gasteiger partial charge in [-0.05, 0) is 26.7 Å². The van der Waals surface area contributed by atoms with Crippen molar-refractivity contribution in [3.8, 4) is 0 Å². The summed E-state index contributed by atoms with van der Waals surface area (Å²) in [7, 11) is 0. The van der Waals surface area contributed by atoms with E-state index in [0.717, 1.165) is 12.8 Å². The zero-order valence-corrected chi connectivity index (χ0v) is 12.7. The lowest BCUT2D eigenvalue weighted by molar-refractivity contribution is -0.133. The fourth-order valence-corrected chi connectivity index (χ4v) is 1.88. The first kappa shape index (κ1) is 18.1. The van der Waals surface area contributed by atoms with Crippen LogP contribution < -0.4 is 10.6 Å². The summed E-state index contributed by atoms with van der Waals surface area (Å²) in [6.07, 6.45) is 1.87. The number of carbonyl (C=O) groups is 3. The summed E-state index contributed by atoms with van der Waals surface area (Å²) in [6, 6.07) is -0.658. The summed E-state index contributed by atoms with van der Waals surface area (Å²) in [5, 5.41) is 13.6. The molecular weight excluding hydrogens is 260 g/mol. The molecule has 6 heteroatoms. The number of rotatable bonds is 6. The molecule has 20 heavy (non-hydrogen) atoms. The molecule has 1 unspecified atom stereocenters. The van der Waals surface area contributed by atoms with Crippen LogP contribution in [0.2, 0.25) is 0 Å². The smallest absolute Gasteiger partial charge is 0.331 e. The molecule has 0 spiro atoms. The zero-order valence-electron chi connectivity index (χ0n) is 12.7. The van der Waals surface area contributed by atoms with Crippen LogP contribution in [0.15, 0.2) is 11.1 Å². The van der Waals surface area contributed by atoms with Gasteiger partial charge in [0.2, 0.25) is 0 Å². The Morgan fingerprint density at radius 1 is 1.05 bits per heavy atom. The van der Waals surface area contributed by atoms with E-state index < -0.39 is 17.9 Å². The second-order valence-electron chi connectivity index (χ2n) is 4.85. The van der Waals surface area contributed by atoms with Gasteiger partial charge >= 0.3 is 12.0 Å². The molecule has 0 fully saturated rings. The molecule has 0 saturated carbocycles. The first-order valence-corrected chi connectivity index (χ1v) is 6.77. The van der Waals surface area contributed by atoms with E-state index in [1.165, 1.54) is 13.8 Å². The number of carboxylic acids is 1. The fraction of sp³-hybridized carbons (Fsp3) is 0.643. The quantitative estimate of drug-likeness (QED) is 0.650. The first-order valence-electron chi connectivity index (χ1n) is 6.77. The van der Waals surface area contributed by atoms with Crippen LogP contribution in [0.3, 0.4) is 0 Å². The average Bonchev–Trinajstić information content (AvgIpc) is 2.37. The van der Waals surface area contributed by atoms with Crippen LogP contribution in [0.25, 0.3) is 0 Å². The Bertz CT molecular complexity index is 411. The Morgan fingerprint density at radius 3 is 1.95 bits per heavy atom. The highest BCUT2D eigenvalue weighted by Crippen LogP contribution is 2.12. The molecule has 3 amide bonds. The van der Waals surface area contributed by atoms with Crippen molar-refractivity contribution in [3.63, 3.8) is 0 Å². The van der Waals surface area contributed by atoms with Gasteiger partial charge in [-0.25, -0.2) is 9.59 Å². The van der Waals surface area contributed by atoms with E-state index in [9.17, 15) is 14.4 Å². The number of amides is 3. The number of hydrogen-bond donors (Lipinski definition) is 3. The van der Waals surface area contributed by atoms with Crippen molar-refractivity contribution in [2.24, 2.45) is 5.92 Å². The monoisotopic (exact) mass is 284 g/mol. The molecule has 0 heterocycles. The summed E-state index contributed by atoms with van der Waals surface area (Å²) in [5.41, 5.74) is -0.0637. The number of carboxylic acid groups (broad SMARTS) is 1. The van der Waals surface area contributed by atoms with Gasteiger partial charge in [-0.3, -0.25) is 10.1 Å². The summed E-state index contributed by atoms with van der Waals surface area (Å²) in [5.74, 6) is -1.53. The Balaban J connectivity index is 4.59. The van der Waals surface area contributed by atoms with E-state index in [-0.39, 0.29) is 17.2 Å². The third-order valence-corrected chi connectivity index (χ3v) is 3.57. The van der Waals surface area contributed by atoms with Crippen LogP contribution in [0.4, 0.5) is 4.79 Å². The van der Waals surface area contributed by atoms with Crippen LogP contribution in [0.1, 0.15) is 47.5 Å². The van der Waals surface area contributed by atoms with Crippen LogP contribution in [-0.2, 0) is 9.59 Å². The third-order valence-electron chi connectivity index (χ3n) is 3.57. The predicted octanol–water partition coefficient (Wildman–Crippen LogP) is 2.06. The van der Waals surface area contributed by atoms with Gasteiger partial charge in [0, 0.05) is 17.2 Å². The molecule has 0 radical (unpaired) electrons. The predicted molar refractivity (Wildman–Crippen MR) is 76.2 cm³/mol. The normalized spacial score (nSPS) is 13.5. The van der Waals surface area contributed by atoms with Gasteiger partial charge < -0.3 is 10.4 Å². The van der Waals surface area contributed by atoms with Gasteiger partial charge in [0.05, 0.1) is 0 Å². The molecule has 6 nitrogen and oxygen atoms in total. The molecule has 0 aliphatic carbocycles. The van der Waals surface area contributed by atoms with E-state index >= 15 is 0 Å². The van der Waals surface area contributed by atoms with Crippen LogP contribution in [0, 0.1) is 5.92 Å². The van der Waals surface area contributed by atoms with Crippen LogP contribution in [-0.4, -0.2) is 29.1 Å². The number of hydrogen-bond acceptors (Lipinski definition) is 3. The van der Waals surface area contributed by atoms with Crippen molar-refractivity contribution in [2.45, 2.75) is 53.5 Å². The molecule has 0 aromatic carbocycles. The fourth-order valence-electron chi connectivity index (χ4n) is 1.88. The summed E-state index contributed by atoms with van der Waals surface area (Å²) < 4.78 is 0. The van der Waals surface area contributed by atoms with E-state index in [1.807, 2.05) is 20.8 Å². The minimum absolute atomic E-state index is 0.0165. The maximum absolute atomic E-state index is 11.7. The molecule has 0 aromatic rings. The standard InChI is InChI=1S/C14H24N2O4/c1-6-11(7-2)10(5)15-14(20)16-12(17)8(3)9(4)13(18)19/h10-11H,6-7H2,1-5H3,(H,18,19)(H2,15,16,17,20). The topological polar surface area (TPSA) is 95.5 Å². The van der Waals surface area contributed by atoms with Gasteiger partial charge in [-0.15, -0.1) is 0 Å². The van der Waals surface area contributed by atoms with Crippen molar-refractivity contribution in [3.05, 3.63) is 11.1 Å². The zero-order chi connectivity index (χ0) is 15.9. The highest BCUT2D eigenvalue weighted by molar-refractivity contribution is 6.07. The Kier molecular flexibility index (Phi) is 7.57. The van der Waals surface area contributed by atoms with E-state index in [1.54, 1.807) is 0 Å². The van der Waals surface area contributed by atoms with Crippen molar-refractivity contribution < 1.29 is 19.5 Å². The minimum atomic E-state index is -1.18. The lowest BCUT2D eigenvalue weighted by Gasteiger charge is -2.22. The molecule has 0 aliphatic heterocycles. The molecule has 114 valence electrons. The second kappa shape index (κ2) is 8.35. The van der Waals surface area contributed by atoms with Gasteiger partial charge in [0.15, 0.2) is 0 Å². The summed E-state index contributed by atoms with van der Waals surface area (Å²) in [6.45, 7) is 8.66. The SMILES string of the molecule is CCC(CC)C(C)NC(=O)NC(=O)C(C)=C(C)C(=O)O. The maximum atomic E-state index is 11.7.